The second-order valence-electron chi connectivity index (χ2n) is 8.20. The lowest BCUT2D eigenvalue weighted by Crippen LogP contribution is -2.43. The molecule has 7 nitrogen and oxygen atoms in total. The van der Waals surface area contributed by atoms with Gasteiger partial charge in [-0.2, -0.15) is 5.10 Å². The molecule has 3 aromatic rings. The highest BCUT2D eigenvalue weighted by Gasteiger charge is 2.23. The molecule has 1 aliphatic heterocycles. The Hall–Kier alpha value is -2.77. The van der Waals surface area contributed by atoms with Crippen LogP contribution in [0.3, 0.4) is 0 Å². The first-order valence-electron chi connectivity index (χ1n) is 11.0. The number of aromatic nitrogens is 3. The number of morpholine rings is 1. The fourth-order valence-electron chi connectivity index (χ4n) is 4.36. The molecular formula is C24H31N5O2. The molecule has 1 atom stereocenters. The molecule has 1 aliphatic rings. The van der Waals surface area contributed by atoms with Gasteiger partial charge in [-0.3, -0.25) is 9.69 Å². The lowest BCUT2D eigenvalue weighted by Gasteiger charge is -2.35. The van der Waals surface area contributed by atoms with Gasteiger partial charge in [0, 0.05) is 43.5 Å². The average Bonchev–Trinajstić information content (AvgIpc) is 3.15. The van der Waals surface area contributed by atoms with Gasteiger partial charge in [-0.25, -0.2) is 9.50 Å². The maximum absolute atomic E-state index is 12.7. The van der Waals surface area contributed by atoms with Crippen molar-refractivity contribution in [3.63, 3.8) is 0 Å². The largest absolute Gasteiger partial charge is 0.379 e. The Balaban J connectivity index is 1.40. The molecule has 7 heteroatoms. The molecule has 31 heavy (non-hydrogen) atoms. The van der Waals surface area contributed by atoms with Crippen molar-refractivity contribution in [2.24, 2.45) is 0 Å². The Bertz CT molecular complexity index is 1040. The van der Waals surface area contributed by atoms with Crippen LogP contribution in [0.25, 0.3) is 5.65 Å². The maximum atomic E-state index is 12.7. The Morgan fingerprint density at radius 3 is 2.65 bits per heavy atom. The fourth-order valence-corrected chi connectivity index (χ4v) is 4.36. The number of fused-ring (bicyclic) bond motifs is 1. The molecule has 3 heterocycles. The summed E-state index contributed by atoms with van der Waals surface area (Å²) in [6, 6.07) is 12.5. The molecule has 1 amide bonds. The van der Waals surface area contributed by atoms with Gasteiger partial charge in [0.25, 0.3) is 0 Å². The summed E-state index contributed by atoms with van der Waals surface area (Å²) < 4.78 is 7.39. The first kappa shape index (κ1) is 21.5. The lowest BCUT2D eigenvalue weighted by molar-refractivity contribution is -0.121. The van der Waals surface area contributed by atoms with Crippen molar-refractivity contribution in [3.05, 3.63) is 64.6 Å². The number of aryl methyl sites for hydroxylation is 3. The van der Waals surface area contributed by atoms with E-state index in [9.17, 15) is 4.79 Å². The minimum atomic E-state index is 0.0599. The molecule has 0 unspecified atom stereocenters. The van der Waals surface area contributed by atoms with Gasteiger partial charge in [0.1, 0.15) is 0 Å². The van der Waals surface area contributed by atoms with Gasteiger partial charge in [-0.1, -0.05) is 30.3 Å². The molecule has 164 valence electrons. The van der Waals surface area contributed by atoms with Crippen LogP contribution in [0.5, 0.6) is 0 Å². The van der Waals surface area contributed by atoms with E-state index in [0.717, 1.165) is 54.6 Å². The van der Waals surface area contributed by atoms with E-state index in [2.05, 4.69) is 44.6 Å². The van der Waals surface area contributed by atoms with Crippen LogP contribution >= 0.6 is 0 Å². The van der Waals surface area contributed by atoms with Crippen molar-refractivity contribution < 1.29 is 9.53 Å². The summed E-state index contributed by atoms with van der Waals surface area (Å²) in [6.07, 6.45) is 1.08. The minimum Gasteiger partial charge on any atom is -0.379 e. The molecule has 1 aromatic carbocycles. The average molecular weight is 422 g/mol. The second kappa shape index (κ2) is 9.58. The fraction of sp³-hybridized carbons (Fsp3) is 0.458. The number of amides is 1. The lowest BCUT2D eigenvalue weighted by atomic mass is 10.0. The maximum Gasteiger partial charge on any atom is 0.220 e. The topological polar surface area (TPSA) is 71.8 Å². The highest BCUT2D eigenvalue weighted by Crippen LogP contribution is 2.21. The molecule has 4 rings (SSSR count). The number of ether oxygens (including phenoxy) is 1. The van der Waals surface area contributed by atoms with Gasteiger partial charge in [-0.05, 0) is 38.3 Å². The molecule has 0 aliphatic carbocycles. The van der Waals surface area contributed by atoms with Crippen molar-refractivity contribution in [1.82, 2.24) is 24.8 Å². The predicted octanol–water partition coefficient (Wildman–Crippen LogP) is 2.78. The summed E-state index contributed by atoms with van der Waals surface area (Å²) in [6.45, 7) is 9.84. The van der Waals surface area contributed by atoms with E-state index in [1.54, 1.807) is 0 Å². The molecule has 1 fully saturated rings. The Kier molecular flexibility index (Phi) is 6.63. The van der Waals surface area contributed by atoms with E-state index < -0.39 is 0 Å². The van der Waals surface area contributed by atoms with Crippen LogP contribution in [0.1, 0.15) is 40.7 Å². The Labute approximate surface area is 183 Å². The van der Waals surface area contributed by atoms with Crippen LogP contribution in [-0.2, 0) is 16.0 Å². The number of hydrogen-bond acceptors (Lipinski definition) is 5. The summed E-state index contributed by atoms with van der Waals surface area (Å²) in [5.74, 6) is 0.0599. The van der Waals surface area contributed by atoms with Crippen molar-refractivity contribution in [2.45, 2.75) is 39.7 Å². The molecule has 0 radical (unpaired) electrons. The summed E-state index contributed by atoms with van der Waals surface area (Å²) in [4.78, 5) is 19.8. The normalized spacial score (nSPS) is 15.8. The molecule has 0 bridgehead atoms. The van der Waals surface area contributed by atoms with Crippen LogP contribution in [0.2, 0.25) is 0 Å². The van der Waals surface area contributed by atoms with Gasteiger partial charge in [-0.15, -0.1) is 0 Å². The summed E-state index contributed by atoms with van der Waals surface area (Å²) in [7, 11) is 0. The van der Waals surface area contributed by atoms with E-state index in [4.69, 9.17) is 4.74 Å². The molecular weight excluding hydrogens is 390 g/mol. The van der Waals surface area contributed by atoms with Crippen molar-refractivity contribution >= 4 is 11.6 Å². The number of hydrogen-bond donors (Lipinski definition) is 1. The van der Waals surface area contributed by atoms with Gasteiger partial charge < -0.3 is 10.1 Å². The van der Waals surface area contributed by atoms with Crippen LogP contribution < -0.4 is 5.32 Å². The zero-order chi connectivity index (χ0) is 21.8. The minimum absolute atomic E-state index is 0.0599. The molecule has 2 aromatic heterocycles. The second-order valence-corrected chi connectivity index (χ2v) is 8.20. The smallest absolute Gasteiger partial charge is 0.220 e. The number of carbonyl (C=O) groups excluding carboxylic acids is 1. The third-order valence-corrected chi connectivity index (χ3v) is 6.05. The molecule has 1 saturated heterocycles. The van der Waals surface area contributed by atoms with E-state index in [1.807, 2.05) is 37.4 Å². The zero-order valence-electron chi connectivity index (χ0n) is 18.6. The first-order valence-corrected chi connectivity index (χ1v) is 11.0. The van der Waals surface area contributed by atoms with Gasteiger partial charge in [0.2, 0.25) is 5.91 Å². The SMILES string of the molecule is Cc1cc2nc(C)c(CCC(=O)NC[C@@H](c3ccccc3)N3CCOCC3)c(C)n2n1. The number of nitrogens with zero attached hydrogens (tertiary/aromatic N) is 4. The van der Waals surface area contributed by atoms with E-state index in [-0.39, 0.29) is 11.9 Å². The zero-order valence-corrected chi connectivity index (χ0v) is 18.6. The number of carbonyl (C=O) groups is 1. The quantitative estimate of drug-likeness (QED) is 0.635. The Morgan fingerprint density at radius 1 is 1.16 bits per heavy atom. The van der Waals surface area contributed by atoms with Gasteiger partial charge >= 0.3 is 0 Å². The summed E-state index contributed by atoms with van der Waals surface area (Å²) in [5.41, 5.74) is 6.14. The number of rotatable bonds is 7. The third-order valence-electron chi connectivity index (χ3n) is 6.05. The predicted molar refractivity (Wildman–Crippen MR) is 120 cm³/mol. The van der Waals surface area contributed by atoms with Crippen LogP contribution in [0.4, 0.5) is 0 Å². The van der Waals surface area contributed by atoms with E-state index in [0.29, 0.717) is 19.4 Å². The van der Waals surface area contributed by atoms with E-state index in [1.165, 1.54) is 5.56 Å². The highest BCUT2D eigenvalue weighted by molar-refractivity contribution is 5.76. The Morgan fingerprint density at radius 2 is 1.90 bits per heavy atom. The number of nitrogens with one attached hydrogen (secondary N) is 1. The van der Waals surface area contributed by atoms with Crippen LogP contribution in [0.15, 0.2) is 36.4 Å². The number of benzene rings is 1. The summed E-state index contributed by atoms with van der Waals surface area (Å²) >= 11 is 0. The summed E-state index contributed by atoms with van der Waals surface area (Å²) in [5, 5.41) is 7.69. The van der Waals surface area contributed by atoms with E-state index >= 15 is 0 Å². The molecule has 1 N–H and O–H groups in total. The first-order chi connectivity index (χ1) is 15.0. The van der Waals surface area contributed by atoms with Crippen LogP contribution in [0, 0.1) is 20.8 Å². The van der Waals surface area contributed by atoms with Crippen molar-refractivity contribution in [2.75, 3.05) is 32.8 Å². The monoisotopic (exact) mass is 421 g/mol. The van der Waals surface area contributed by atoms with Gasteiger partial charge in [0.15, 0.2) is 5.65 Å². The molecule has 0 saturated carbocycles. The third kappa shape index (κ3) is 4.94. The molecule has 0 spiro atoms. The van der Waals surface area contributed by atoms with Crippen LogP contribution in [-0.4, -0.2) is 58.3 Å². The van der Waals surface area contributed by atoms with Crippen molar-refractivity contribution in [1.29, 1.82) is 0 Å². The van der Waals surface area contributed by atoms with Crippen molar-refractivity contribution in [3.8, 4) is 0 Å². The highest BCUT2D eigenvalue weighted by atomic mass is 16.5. The van der Waals surface area contributed by atoms with Gasteiger partial charge in [0.05, 0.1) is 24.9 Å². The standard InChI is InChI=1S/C24H31N5O2/c1-17-15-23-26-18(2)21(19(3)29(23)27-17)9-10-24(30)25-16-22(20-7-5-4-6-8-20)28-11-13-31-14-12-28/h4-8,15,22H,9-14,16H2,1-3H3,(H,25,30)/t22-/m0/s1.